The number of hydrazine groups is 1. The minimum absolute atomic E-state index is 0.0830. The number of anilines is 1. The summed E-state index contributed by atoms with van der Waals surface area (Å²) in [6.45, 7) is 1.99. The second-order valence-electron chi connectivity index (χ2n) is 5.07. The van der Waals surface area contributed by atoms with E-state index < -0.39 is 0 Å². The number of aryl methyl sites for hydroxylation is 1. The Labute approximate surface area is 119 Å². The summed E-state index contributed by atoms with van der Waals surface area (Å²) in [5, 5.41) is 3.05. The maximum Gasteiger partial charge on any atom is 0.251 e. The lowest BCUT2D eigenvalue weighted by atomic mass is 10.1. The van der Waals surface area contributed by atoms with Gasteiger partial charge in [-0.15, -0.1) is 0 Å². The molecule has 1 aliphatic rings. The minimum Gasteiger partial charge on any atom is -0.381 e. The fraction of sp³-hybridized carbons (Fsp3) is 0.571. The summed E-state index contributed by atoms with van der Waals surface area (Å²) in [6, 6.07) is 3.65. The molecule has 110 valence electrons. The van der Waals surface area contributed by atoms with Gasteiger partial charge in [0.25, 0.3) is 5.91 Å². The molecule has 0 bridgehead atoms. The lowest BCUT2D eigenvalue weighted by molar-refractivity contribution is 0.0915. The van der Waals surface area contributed by atoms with Crippen molar-refractivity contribution < 1.29 is 9.53 Å². The summed E-state index contributed by atoms with van der Waals surface area (Å²) in [5.41, 5.74) is 3.92. The third kappa shape index (κ3) is 3.46. The molecule has 1 fully saturated rings. The largest absolute Gasteiger partial charge is 0.381 e. The Bertz CT molecular complexity index is 456. The highest BCUT2D eigenvalue weighted by Gasteiger charge is 2.26. The fourth-order valence-corrected chi connectivity index (χ4v) is 2.53. The number of pyridine rings is 1. The monoisotopic (exact) mass is 278 g/mol. The molecule has 20 heavy (non-hydrogen) atoms. The van der Waals surface area contributed by atoms with Gasteiger partial charge in [-0.2, -0.15) is 0 Å². The van der Waals surface area contributed by atoms with E-state index >= 15 is 0 Å². The van der Waals surface area contributed by atoms with Gasteiger partial charge in [0, 0.05) is 24.4 Å². The molecule has 2 atom stereocenters. The molecule has 6 nitrogen and oxygen atoms in total. The molecular formula is C14H22N4O2. The molecule has 0 aliphatic heterocycles. The molecule has 1 aromatic heterocycles. The van der Waals surface area contributed by atoms with Crippen molar-refractivity contribution in [3.05, 3.63) is 23.4 Å². The van der Waals surface area contributed by atoms with Gasteiger partial charge in [0.1, 0.15) is 5.82 Å². The van der Waals surface area contributed by atoms with Crippen molar-refractivity contribution in [1.82, 2.24) is 10.3 Å². The number of nitrogen functional groups attached to an aromatic ring is 1. The molecule has 2 rings (SSSR count). The third-order valence-electron chi connectivity index (χ3n) is 3.70. The Balaban J connectivity index is 2.05. The van der Waals surface area contributed by atoms with E-state index in [1.165, 1.54) is 0 Å². The van der Waals surface area contributed by atoms with Gasteiger partial charge in [-0.1, -0.05) is 6.92 Å². The summed E-state index contributed by atoms with van der Waals surface area (Å²) < 4.78 is 5.31. The number of hydrogen-bond acceptors (Lipinski definition) is 5. The number of nitrogens with zero attached hydrogens (tertiary/aromatic N) is 1. The first-order chi connectivity index (χ1) is 9.66. The van der Waals surface area contributed by atoms with Crippen LogP contribution in [0.15, 0.2) is 12.1 Å². The van der Waals surface area contributed by atoms with Crippen molar-refractivity contribution in [2.75, 3.05) is 12.5 Å². The second-order valence-corrected chi connectivity index (χ2v) is 5.07. The van der Waals surface area contributed by atoms with Crippen molar-refractivity contribution in [1.29, 1.82) is 0 Å². The van der Waals surface area contributed by atoms with Gasteiger partial charge in [-0.05, 0) is 37.8 Å². The van der Waals surface area contributed by atoms with Crippen LogP contribution in [0.5, 0.6) is 0 Å². The molecule has 0 aromatic carbocycles. The Hall–Kier alpha value is -1.66. The summed E-state index contributed by atoms with van der Waals surface area (Å²) in [7, 11) is 1.71. The number of nitrogens with two attached hydrogens (primary N) is 1. The number of aromatic nitrogens is 1. The number of carbonyl (C=O) groups excluding carboxylic acids is 1. The zero-order chi connectivity index (χ0) is 14.5. The molecule has 1 saturated carbocycles. The van der Waals surface area contributed by atoms with E-state index in [9.17, 15) is 4.79 Å². The maximum absolute atomic E-state index is 12.3. The zero-order valence-electron chi connectivity index (χ0n) is 12.0. The normalized spacial score (nSPS) is 21.8. The SMILES string of the molecule is CCc1cc(C(=O)NC2CCC(OC)C2)cc(NN)n1. The molecule has 4 N–H and O–H groups in total. The van der Waals surface area contributed by atoms with Gasteiger partial charge < -0.3 is 15.5 Å². The van der Waals surface area contributed by atoms with E-state index in [4.69, 9.17) is 10.6 Å². The van der Waals surface area contributed by atoms with E-state index in [1.54, 1.807) is 19.2 Å². The average Bonchev–Trinajstić information content (AvgIpc) is 2.94. The molecule has 2 unspecified atom stereocenters. The van der Waals surface area contributed by atoms with Gasteiger partial charge in [-0.3, -0.25) is 4.79 Å². The van der Waals surface area contributed by atoms with Gasteiger partial charge in [-0.25, -0.2) is 10.8 Å². The quantitative estimate of drug-likeness (QED) is 0.557. The van der Waals surface area contributed by atoms with E-state index in [0.29, 0.717) is 11.4 Å². The smallest absolute Gasteiger partial charge is 0.251 e. The first-order valence-corrected chi connectivity index (χ1v) is 6.97. The van der Waals surface area contributed by atoms with Crippen molar-refractivity contribution >= 4 is 11.7 Å². The highest BCUT2D eigenvalue weighted by Crippen LogP contribution is 2.22. The number of hydrogen-bond donors (Lipinski definition) is 3. The molecule has 1 amide bonds. The van der Waals surface area contributed by atoms with Gasteiger partial charge in [0.05, 0.1) is 6.10 Å². The van der Waals surface area contributed by atoms with Crippen LogP contribution in [0.2, 0.25) is 0 Å². The predicted molar refractivity (Wildman–Crippen MR) is 77.3 cm³/mol. The number of methoxy groups -OCH3 is 1. The Morgan fingerprint density at radius 1 is 1.50 bits per heavy atom. The topological polar surface area (TPSA) is 89.3 Å². The first kappa shape index (κ1) is 14.7. The average molecular weight is 278 g/mol. The maximum atomic E-state index is 12.3. The Morgan fingerprint density at radius 3 is 2.90 bits per heavy atom. The van der Waals surface area contributed by atoms with Gasteiger partial charge in [0.15, 0.2) is 0 Å². The first-order valence-electron chi connectivity index (χ1n) is 6.97. The predicted octanol–water partition coefficient (Wildman–Crippen LogP) is 1.23. The third-order valence-corrected chi connectivity index (χ3v) is 3.70. The molecule has 0 radical (unpaired) electrons. The molecule has 1 aromatic rings. The molecule has 0 spiro atoms. The zero-order valence-corrected chi connectivity index (χ0v) is 12.0. The molecule has 6 heteroatoms. The van der Waals surface area contributed by atoms with E-state index in [-0.39, 0.29) is 18.1 Å². The summed E-state index contributed by atoms with van der Waals surface area (Å²) in [6.07, 6.45) is 3.83. The van der Waals surface area contributed by atoms with Gasteiger partial charge >= 0.3 is 0 Å². The van der Waals surface area contributed by atoms with Crippen LogP contribution >= 0.6 is 0 Å². The highest BCUT2D eigenvalue weighted by molar-refractivity contribution is 5.95. The lowest BCUT2D eigenvalue weighted by Crippen LogP contribution is -2.33. The van der Waals surface area contributed by atoms with Crippen molar-refractivity contribution in [2.45, 2.75) is 44.8 Å². The number of carbonyl (C=O) groups is 1. The van der Waals surface area contributed by atoms with Crippen molar-refractivity contribution in [3.63, 3.8) is 0 Å². The number of amides is 1. The number of rotatable bonds is 5. The molecule has 0 saturated heterocycles. The minimum atomic E-state index is -0.0830. The van der Waals surface area contributed by atoms with Crippen LogP contribution in [0.4, 0.5) is 5.82 Å². The van der Waals surface area contributed by atoms with Crippen molar-refractivity contribution in [3.8, 4) is 0 Å². The summed E-state index contributed by atoms with van der Waals surface area (Å²) in [5.74, 6) is 5.81. The highest BCUT2D eigenvalue weighted by atomic mass is 16.5. The van der Waals surface area contributed by atoms with Gasteiger partial charge in [0.2, 0.25) is 0 Å². The van der Waals surface area contributed by atoms with Crippen LogP contribution in [-0.4, -0.2) is 30.1 Å². The fourth-order valence-electron chi connectivity index (χ4n) is 2.53. The molecule has 1 aliphatic carbocycles. The van der Waals surface area contributed by atoms with E-state index in [2.05, 4.69) is 15.7 Å². The van der Waals surface area contributed by atoms with Crippen molar-refractivity contribution in [2.24, 2.45) is 5.84 Å². The molecule has 1 heterocycles. The van der Waals surface area contributed by atoms with Crippen LogP contribution in [0.25, 0.3) is 0 Å². The van der Waals surface area contributed by atoms with Crippen LogP contribution in [0.3, 0.4) is 0 Å². The standard InChI is InChI=1S/C14H22N4O2/c1-3-10-6-9(7-13(16-10)18-15)14(19)17-11-4-5-12(8-11)20-2/h6-7,11-12H,3-5,8,15H2,1-2H3,(H,16,18)(H,17,19). The van der Waals surface area contributed by atoms with E-state index in [1.807, 2.05) is 6.92 Å². The van der Waals surface area contributed by atoms with Crippen LogP contribution in [-0.2, 0) is 11.2 Å². The lowest BCUT2D eigenvalue weighted by Gasteiger charge is -2.14. The molecular weight excluding hydrogens is 256 g/mol. The van der Waals surface area contributed by atoms with E-state index in [0.717, 1.165) is 31.4 Å². The second kappa shape index (κ2) is 6.67. The van der Waals surface area contributed by atoms with Crippen LogP contribution in [0.1, 0.15) is 42.2 Å². The van der Waals surface area contributed by atoms with Crippen LogP contribution in [0, 0.1) is 0 Å². The number of nitrogens with one attached hydrogen (secondary N) is 2. The number of ether oxygens (including phenoxy) is 1. The summed E-state index contributed by atoms with van der Waals surface area (Å²) >= 11 is 0. The Morgan fingerprint density at radius 2 is 2.30 bits per heavy atom. The summed E-state index contributed by atoms with van der Waals surface area (Å²) in [4.78, 5) is 16.6. The van der Waals surface area contributed by atoms with Crippen LogP contribution < -0.4 is 16.6 Å². The Kier molecular flexibility index (Phi) is 4.92.